The monoisotopic (exact) mass is 431 g/mol. The van der Waals surface area contributed by atoms with Crippen molar-refractivity contribution in [1.29, 1.82) is 0 Å². The van der Waals surface area contributed by atoms with Crippen LogP contribution in [0.25, 0.3) is 0 Å². The van der Waals surface area contributed by atoms with E-state index in [-0.39, 0.29) is 22.5 Å². The van der Waals surface area contributed by atoms with Gasteiger partial charge in [-0.3, -0.25) is 4.79 Å². The Morgan fingerprint density at radius 2 is 2.13 bits per heavy atom. The van der Waals surface area contributed by atoms with Crippen molar-refractivity contribution in [2.45, 2.75) is 6.42 Å². The summed E-state index contributed by atoms with van der Waals surface area (Å²) in [6, 6.07) is 0.971. The van der Waals surface area contributed by atoms with Gasteiger partial charge in [-0.15, -0.1) is 3.89 Å². The number of hydrogen-bond donors (Lipinski definition) is 1. The second kappa shape index (κ2) is 6.33. The Hall–Kier alpha value is -1.26. The van der Waals surface area contributed by atoms with Crippen LogP contribution < -0.4 is 4.90 Å². The van der Waals surface area contributed by atoms with Crippen molar-refractivity contribution in [3.05, 3.63) is 26.9 Å². The Morgan fingerprint density at radius 1 is 1.52 bits per heavy atom. The zero-order chi connectivity index (χ0) is 17.5. The van der Waals surface area contributed by atoms with Crippen LogP contribution in [0.3, 0.4) is 0 Å². The fourth-order valence-corrected chi connectivity index (χ4v) is 3.68. The van der Waals surface area contributed by atoms with Crippen LogP contribution in [0.4, 0.5) is 14.0 Å². The molecule has 1 heterocycles. The van der Waals surface area contributed by atoms with Crippen molar-refractivity contribution in [3.8, 4) is 0 Å². The number of aromatic carboxylic acids is 1. The van der Waals surface area contributed by atoms with E-state index in [1.54, 1.807) is 0 Å². The Morgan fingerprint density at radius 3 is 2.65 bits per heavy atom. The quantitative estimate of drug-likeness (QED) is 0.583. The van der Waals surface area contributed by atoms with Crippen LogP contribution in [0.2, 0.25) is 5.02 Å². The average molecular weight is 433 g/mol. The predicted octanol–water partition coefficient (Wildman–Crippen LogP) is 2.59. The summed E-state index contributed by atoms with van der Waals surface area (Å²) in [5, 5.41) is 8.97. The van der Waals surface area contributed by atoms with E-state index in [1.165, 1.54) is 0 Å². The maximum absolute atomic E-state index is 14.4. The lowest BCUT2D eigenvalue weighted by atomic mass is 10.1. The molecule has 0 aromatic heterocycles. The molecule has 1 aliphatic rings. The van der Waals surface area contributed by atoms with Crippen LogP contribution >= 0.6 is 27.5 Å². The number of carboxylic acids is 1. The summed E-state index contributed by atoms with van der Waals surface area (Å²) < 4.78 is 48.3. The molecule has 23 heavy (non-hydrogen) atoms. The van der Waals surface area contributed by atoms with Gasteiger partial charge in [0.05, 0.1) is 26.5 Å². The highest BCUT2D eigenvalue weighted by atomic mass is 79.9. The standard InChI is InChI=1S/C12H9BrClF2NO5S/c13-9-7(14)2-6(12(19)20)11(10(9)15)17-3-5(1-8(17)18)4-23(16,21)22/h2,5H,1,3-4H2,(H,19,20). The van der Waals surface area contributed by atoms with E-state index in [2.05, 4.69) is 15.9 Å². The largest absolute Gasteiger partial charge is 0.478 e. The number of carbonyl (C=O) groups is 2. The van der Waals surface area contributed by atoms with Crippen molar-refractivity contribution in [2.75, 3.05) is 17.2 Å². The van der Waals surface area contributed by atoms with Gasteiger partial charge in [0.25, 0.3) is 0 Å². The molecule has 1 fully saturated rings. The molecule has 1 aromatic carbocycles. The third-order valence-corrected chi connectivity index (χ3v) is 5.45. The number of benzene rings is 1. The Bertz CT molecular complexity index is 801. The minimum atomic E-state index is -4.81. The molecule has 0 bridgehead atoms. The summed E-state index contributed by atoms with van der Waals surface area (Å²) in [4.78, 5) is 24.1. The second-order valence-corrected chi connectivity index (χ2v) is 7.58. The fraction of sp³-hybridized carbons (Fsp3) is 0.333. The SMILES string of the molecule is O=C(O)c1cc(Cl)c(Br)c(F)c1N1CC(CS(=O)(=O)F)CC1=O. The molecule has 0 radical (unpaired) electrons. The molecule has 1 aromatic rings. The van der Waals surface area contributed by atoms with Gasteiger partial charge < -0.3 is 10.0 Å². The lowest BCUT2D eigenvalue weighted by Crippen LogP contribution is -2.28. The fourth-order valence-electron chi connectivity index (χ4n) is 2.40. The Labute approximate surface area is 143 Å². The van der Waals surface area contributed by atoms with Crippen LogP contribution in [0.1, 0.15) is 16.8 Å². The van der Waals surface area contributed by atoms with E-state index < -0.39 is 50.8 Å². The molecule has 11 heteroatoms. The van der Waals surface area contributed by atoms with Gasteiger partial charge in [-0.2, -0.15) is 8.42 Å². The third kappa shape index (κ3) is 3.81. The first kappa shape index (κ1) is 18.1. The highest BCUT2D eigenvalue weighted by Gasteiger charge is 2.37. The number of carbonyl (C=O) groups excluding carboxylic acids is 1. The van der Waals surface area contributed by atoms with Crippen molar-refractivity contribution >= 4 is 55.3 Å². The molecule has 1 aliphatic heterocycles. The zero-order valence-electron chi connectivity index (χ0n) is 11.2. The van der Waals surface area contributed by atoms with Crippen LogP contribution in [0.5, 0.6) is 0 Å². The van der Waals surface area contributed by atoms with E-state index >= 15 is 0 Å². The molecular formula is C12H9BrClF2NO5S. The molecule has 1 amide bonds. The summed E-state index contributed by atoms with van der Waals surface area (Å²) in [7, 11) is -4.81. The van der Waals surface area contributed by atoms with Gasteiger partial charge in [-0.25, -0.2) is 9.18 Å². The number of rotatable bonds is 4. The highest BCUT2D eigenvalue weighted by Crippen LogP contribution is 2.38. The van der Waals surface area contributed by atoms with Crippen LogP contribution in [-0.4, -0.2) is 37.7 Å². The number of halogens is 4. The molecule has 0 saturated carbocycles. The molecule has 0 spiro atoms. The number of nitrogens with zero attached hydrogens (tertiary/aromatic N) is 1. The van der Waals surface area contributed by atoms with Crippen molar-refractivity contribution in [3.63, 3.8) is 0 Å². The molecule has 126 valence electrons. The van der Waals surface area contributed by atoms with Crippen molar-refractivity contribution in [1.82, 2.24) is 0 Å². The third-order valence-electron chi connectivity index (χ3n) is 3.28. The van der Waals surface area contributed by atoms with Crippen LogP contribution in [0, 0.1) is 11.7 Å². The first-order chi connectivity index (χ1) is 10.5. The number of carboxylic acid groups (broad SMARTS) is 1. The smallest absolute Gasteiger partial charge is 0.337 e. The Kier molecular flexibility index (Phi) is 4.97. The molecule has 1 atom stereocenters. The second-order valence-electron chi connectivity index (χ2n) is 4.97. The summed E-state index contributed by atoms with van der Waals surface area (Å²) in [6.07, 6.45) is -0.331. The van der Waals surface area contributed by atoms with E-state index in [1.807, 2.05) is 0 Å². The maximum Gasteiger partial charge on any atom is 0.337 e. The maximum atomic E-state index is 14.4. The topological polar surface area (TPSA) is 91.8 Å². The lowest BCUT2D eigenvalue weighted by molar-refractivity contribution is -0.117. The van der Waals surface area contributed by atoms with Crippen molar-refractivity contribution < 1.29 is 31.4 Å². The molecule has 1 unspecified atom stereocenters. The van der Waals surface area contributed by atoms with E-state index in [9.17, 15) is 26.3 Å². The first-order valence-electron chi connectivity index (χ1n) is 6.14. The molecule has 1 saturated heterocycles. The summed E-state index contributed by atoms with van der Waals surface area (Å²) in [5.41, 5.74) is -1.08. The molecular weight excluding hydrogens is 424 g/mol. The summed E-state index contributed by atoms with van der Waals surface area (Å²) in [6.45, 7) is -0.312. The molecule has 6 nitrogen and oxygen atoms in total. The van der Waals surface area contributed by atoms with E-state index in [0.717, 1.165) is 11.0 Å². The normalized spacial score (nSPS) is 18.5. The van der Waals surface area contributed by atoms with Gasteiger partial charge in [-0.05, 0) is 22.0 Å². The van der Waals surface area contributed by atoms with Gasteiger partial charge in [0.1, 0.15) is 0 Å². The highest BCUT2D eigenvalue weighted by molar-refractivity contribution is 9.10. The zero-order valence-corrected chi connectivity index (χ0v) is 14.4. The minimum absolute atomic E-state index is 0.196. The Balaban J connectivity index is 2.48. The van der Waals surface area contributed by atoms with E-state index in [0.29, 0.717) is 0 Å². The number of amides is 1. The summed E-state index contributed by atoms with van der Waals surface area (Å²) in [5.74, 6) is -5.06. The van der Waals surface area contributed by atoms with Gasteiger partial charge >= 0.3 is 16.2 Å². The molecule has 1 N–H and O–H groups in total. The minimum Gasteiger partial charge on any atom is -0.478 e. The summed E-state index contributed by atoms with van der Waals surface area (Å²) >= 11 is 8.56. The van der Waals surface area contributed by atoms with E-state index in [4.69, 9.17) is 16.7 Å². The van der Waals surface area contributed by atoms with Gasteiger partial charge in [-0.1, -0.05) is 11.6 Å². The van der Waals surface area contributed by atoms with Crippen LogP contribution in [-0.2, 0) is 15.0 Å². The van der Waals surface area contributed by atoms with Gasteiger partial charge in [0, 0.05) is 18.9 Å². The average Bonchev–Trinajstić information content (AvgIpc) is 2.73. The number of hydrogen-bond acceptors (Lipinski definition) is 4. The van der Waals surface area contributed by atoms with Crippen LogP contribution in [0.15, 0.2) is 10.5 Å². The van der Waals surface area contributed by atoms with Crippen molar-refractivity contribution in [2.24, 2.45) is 5.92 Å². The number of anilines is 1. The van der Waals surface area contributed by atoms with Gasteiger partial charge in [0.15, 0.2) is 5.82 Å². The first-order valence-corrected chi connectivity index (χ1v) is 8.87. The lowest BCUT2D eigenvalue weighted by Gasteiger charge is -2.20. The predicted molar refractivity (Wildman–Crippen MR) is 81.4 cm³/mol. The molecule has 0 aliphatic carbocycles. The van der Waals surface area contributed by atoms with Gasteiger partial charge in [0.2, 0.25) is 5.91 Å². The molecule has 2 rings (SSSR count).